The Morgan fingerprint density at radius 2 is 2.06 bits per heavy atom. The van der Waals surface area contributed by atoms with Crippen LogP contribution in [0.15, 0.2) is 22.6 Å². The van der Waals surface area contributed by atoms with Crippen molar-refractivity contribution < 1.29 is 41.0 Å². The van der Waals surface area contributed by atoms with Crippen molar-refractivity contribution in [3.8, 4) is 11.5 Å². The van der Waals surface area contributed by atoms with E-state index in [2.05, 4.69) is 20.3 Å². The van der Waals surface area contributed by atoms with Crippen molar-refractivity contribution >= 4 is 17.5 Å². The molecule has 1 aliphatic heterocycles. The van der Waals surface area contributed by atoms with Crippen LogP contribution in [0.25, 0.3) is 11.5 Å². The molecule has 180 valence electrons. The van der Waals surface area contributed by atoms with Crippen LogP contribution in [-0.2, 0) is 19.0 Å². The van der Waals surface area contributed by atoms with Crippen LogP contribution in [-0.4, -0.2) is 47.5 Å². The van der Waals surface area contributed by atoms with E-state index in [-0.39, 0.29) is 42.3 Å². The fourth-order valence-corrected chi connectivity index (χ4v) is 3.71. The molecule has 0 unspecified atom stereocenters. The molecular formula is C20H20ClF4N3O5. The Labute approximate surface area is 190 Å². The van der Waals surface area contributed by atoms with E-state index in [1.54, 1.807) is 6.07 Å². The molecule has 1 aliphatic carbocycles. The molecule has 1 amide bonds. The number of nitrogens with zero attached hydrogens (tertiary/aromatic N) is 2. The number of ether oxygens (including phenoxy) is 3. The van der Waals surface area contributed by atoms with Crippen LogP contribution in [0, 0.1) is 5.82 Å². The lowest BCUT2D eigenvalue weighted by molar-refractivity contribution is -0.432. The lowest BCUT2D eigenvalue weighted by Gasteiger charge is -2.40. The lowest BCUT2D eigenvalue weighted by atomic mass is 9.91. The molecule has 2 fully saturated rings. The summed E-state index contributed by atoms with van der Waals surface area (Å²) < 4.78 is 71.6. The van der Waals surface area contributed by atoms with Gasteiger partial charge in [-0.15, -0.1) is 23.4 Å². The summed E-state index contributed by atoms with van der Waals surface area (Å²) in [6.45, 7) is -0.422. The number of amides is 1. The second-order valence-electron chi connectivity index (χ2n) is 7.84. The summed E-state index contributed by atoms with van der Waals surface area (Å²) in [5.41, 5.74) is 0.371. The molecule has 1 saturated carbocycles. The third-order valence-corrected chi connectivity index (χ3v) is 5.71. The number of hydrogen-bond donors (Lipinski definition) is 1. The van der Waals surface area contributed by atoms with E-state index in [1.807, 2.05) is 0 Å². The van der Waals surface area contributed by atoms with Gasteiger partial charge in [-0.3, -0.25) is 9.53 Å². The number of hydrogen-bond acceptors (Lipinski definition) is 7. The first-order chi connectivity index (χ1) is 15.6. The average Bonchev–Trinajstić information content (AvgIpc) is 3.22. The van der Waals surface area contributed by atoms with Gasteiger partial charge in [-0.1, -0.05) is 11.6 Å². The number of aromatic nitrogens is 2. The summed E-state index contributed by atoms with van der Waals surface area (Å²) in [4.78, 5) is 12.1. The van der Waals surface area contributed by atoms with Crippen LogP contribution in [0.2, 0.25) is 5.02 Å². The quantitative estimate of drug-likeness (QED) is 0.454. The molecule has 13 heteroatoms. The first-order valence-electron chi connectivity index (χ1n) is 10.2. The Balaban J connectivity index is 1.24. The summed E-state index contributed by atoms with van der Waals surface area (Å²) >= 11 is 5.67. The first-order valence-corrected chi connectivity index (χ1v) is 10.6. The van der Waals surface area contributed by atoms with Crippen molar-refractivity contribution in [3.63, 3.8) is 0 Å². The van der Waals surface area contributed by atoms with Crippen molar-refractivity contribution in [2.75, 3.05) is 13.2 Å². The van der Waals surface area contributed by atoms with Gasteiger partial charge in [0.1, 0.15) is 18.5 Å². The zero-order valence-corrected chi connectivity index (χ0v) is 17.9. The van der Waals surface area contributed by atoms with Gasteiger partial charge in [0.05, 0.1) is 17.7 Å². The van der Waals surface area contributed by atoms with Crippen LogP contribution in [0.4, 0.5) is 17.6 Å². The van der Waals surface area contributed by atoms with Crippen LogP contribution in [0.3, 0.4) is 0 Å². The van der Waals surface area contributed by atoms with Gasteiger partial charge in [-0.05, 0) is 37.5 Å². The van der Waals surface area contributed by atoms with Crippen molar-refractivity contribution in [1.29, 1.82) is 0 Å². The van der Waals surface area contributed by atoms with Gasteiger partial charge in [0.2, 0.25) is 17.7 Å². The van der Waals surface area contributed by atoms with Gasteiger partial charge in [-0.2, -0.15) is 0 Å². The Morgan fingerprint density at radius 1 is 1.27 bits per heavy atom. The van der Waals surface area contributed by atoms with Crippen LogP contribution in [0.1, 0.15) is 44.1 Å². The largest absolute Gasteiger partial charge is 0.524 e. The molecule has 1 N–H and O–H groups in total. The third-order valence-electron chi connectivity index (χ3n) is 5.41. The van der Waals surface area contributed by atoms with Gasteiger partial charge in [-0.25, -0.2) is 4.39 Å². The van der Waals surface area contributed by atoms with E-state index >= 15 is 0 Å². The van der Waals surface area contributed by atoms with Gasteiger partial charge >= 0.3 is 6.36 Å². The molecule has 0 radical (unpaired) electrons. The smallest absolute Gasteiger partial charge is 0.418 e. The second-order valence-corrected chi connectivity index (χ2v) is 8.25. The minimum Gasteiger partial charge on any atom is -0.418 e. The SMILES string of the molecule is O=C(COC1(OC(F)(F)F)CCC1)N[C@@H]1CC[C@@H](c2nnc(-c3ccc(Cl)c(F)c3)o2)OC1. The first kappa shape index (κ1) is 23.9. The molecular weight excluding hydrogens is 474 g/mol. The zero-order chi connectivity index (χ0) is 23.6. The van der Waals surface area contributed by atoms with Crippen LogP contribution < -0.4 is 5.32 Å². The van der Waals surface area contributed by atoms with Crippen molar-refractivity contribution in [2.24, 2.45) is 0 Å². The van der Waals surface area contributed by atoms with E-state index in [0.29, 0.717) is 24.8 Å². The predicted molar refractivity (Wildman–Crippen MR) is 104 cm³/mol. The van der Waals surface area contributed by atoms with Crippen molar-refractivity contribution in [1.82, 2.24) is 15.5 Å². The minimum absolute atomic E-state index is 0.0247. The number of rotatable bonds is 7. The van der Waals surface area contributed by atoms with E-state index in [1.165, 1.54) is 12.1 Å². The molecule has 1 aromatic carbocycles. The van der Waals surface area contributed by atoms with Gasteiger partial charge in [0, 0.05) is 18.4 Å². The molecule has 1 saturated heterocycles. The van der Waals surface area contributed by atoms with Gasteiger partial charge < -0.3 is 19.2 Å². The molecule has 2 aromatic rings. The number of nitrogens with one attached hydrogen (secondary N) is 1. The Bertz CT molecular complexity index is 990. The molecule has 2 atom stereocenters. The summed E-state index contributed by atoms with van der Waals surface area (Å²) in [5, 5.41) is 10.5. The molecule has 2 heterocycles. The number of benzene rings is 1. The Hall–Kier alpha value is -2.28. The molecule has 4 rings (SSSR count). The molecule has 33 heavy (non-hydrogen) atoms. The van der Waals surface area contributed by atoms with Crippen LogP contribution in [0.5, 0.6) is 0 Å². The van der Waals surface area contributed by atoms with Gasteiger partial charge in [0.15, 0.2) is 5.79 Å². The van der Waals surface area contributed by atoms with E-state index in [0.717, 1.165) is 0 Å². The highest BCUT2D eigenvalue weighted by Gasteiger charge is 2.49. The molecule has 1 aromatic heterocycles. The Kier molecular flexibility index (Phi) is 6.89. The minimum atomic E-state index is -4.83. The highest BCUT2D eigenvalue weighted by Crippen LogP contribution is 2.41. The highest BCUT2D eigenvalue weighted by molar-refractivity contribution is 6.30. The monoisotopic (exact) mass is 493 g/mol. The van der Waals surface area contributed by atoms with Gasteiger partial charge in [0.25, 0.3) is 0 Å². The summed E-state index contributed by atoms with van der Waals surface area (Å²) in [7, 11) is 0. The zero-order valence-electron chi connectivity index (χ0n) is 17.2. The molecule has 2 aliphatic rings. The number of alkyl halides is 3. The maximum atomic E-state index is 13.6. The fourth-order valence-electron chi connectivity index (χ4n) is 3.59. The molecule has 0 bridgehead atoms. The van der Waals surface area contributed by atoms with E-state index in [9.17, 15) is 22.4 Å². The summed E-state index contributed by atoms with van der Waals surface area (Å²) in [5.74, 6) is -2.64. The van der Waals surface area contributed by atoms with E-state index in [4.69, 9.17) is 25.5 Å². The predicted octanol–water partition coefficient (Wildman–Crippen LogP) is 4.30. The highest BCUT2D eigenvalue weighted by atomic mass is 35.5. The topological polar surface area (TPSA) is 95.7 Å². The Morgan fingerprint density at radius 3 is 2.67 bits per heavy atom. The average molecular weight is 494 g/mol. The number of carbonyl (C=O) groups excluding carboxylic acids is 1. The number of halogens is 5. The maximum absolute atomic E-state index is 13.6. The van der Waals surface area contributed by atoms with E-state index < -0.39 is 36.6 Å². The normalized spacial score (nSPS) is 22.6. The lowest BCUT2D eigenvalue weighted by Crippen LogP contribution is -2.49. The second kappa shape index (κ2) is 9.53. The van der Waals surface area contributed by atoms with Crippen molar-refractivity contribution in [3.05, 3.63) is 34.9 Å². The third kappa shape index (κ3) is 5.99. The van der Waals surface area contributed by atoms with Crippen LogP contribution >= 0.6 is 11.6 Å². The maximum Gasteiger partial charge on any atom is 0.524 e. The molecule has 8 nitrogen and oxygen atoms in total. The fraction of sp³-hybridized carbons (Fsp3) is 0.550. The van der Waals surface area contributed by atoms with Crippen molar-refractivity contribution in [2.45, 2.75) is 56.4 Å². The number of carbonyl (C=O) groups is 1. The molecule has 0 spiro atoms. The summed E-state index contributed by atoms with van der Waals surface area (Å²) in [6, 6.07) is 3.76. The standard InChI is InChI=1S/C20H20ClF4N3O5/c21-13-4-2-11(8-14(13)22)17-27-28-18(32-17)15-5-3-12(9-30-15)26-16(29)10-31-19(6-1-7-19)33-20(23,24)25/h2,4,8,12,15H,1,3,5-7,9-10H2,(H,26,29)/t12-,15+/m1/s1. The summed E-state index contributed by atoms with van der Waals surface area (Å²) in [6.07, 6.45) is -3.71.